The topological polar surface area (TPSA) is 55.6 Å². The highest BCUT2D eigenvalue weighted by molar-refractivity contribution is 5.79. The van der Waals surface area contributed by atoms with Crippen molar-refractivity contribution in [1.82, 2.24) is 4.90 Å². The summed E-state index contributed by atoms with van der Waals surface area (Å²) in [5.74, 6) is -0.302. The molecule has 0 aliphatic heterocycles. The molecule has 2 N–H and O–H groups in total. The summed E-state index contributed by atoms with van der Waals surface area (Å²) in [6.45, 7) is 7.99. The predicted octanol–water partition coefficient (Wildman–Crippen LogP) is 0.999. The molecule has 4 heteroatoms. The van der Waals surface area contributed by atoms with E-state index in [1.807, 2.05) is 0 Å². The minimum Gasteiger partial charge on any atom is -0.465 e. The van der Waals surface area contributed by atoms with Gasteiger partial charge in [0.25, 0.3) is 0 Å². The summed E-state index contributed by atoms with van der Waals surface area (Å²) in [5, 5.41) is 0. The smallest absolute Gasteiger partial charge is 0.325 e. The number of ether oxygens (including phenoxy) is 1. The van der Waals surface area contributed by atoms with Crippen LogP contribution in [0, 0.1) is 0 Å². The third kappa shape index (κ3) is 5.74. The summed E-state index contributed by atoms with van der Waals surface area (Å²) in [6.07, 6.45) is 1.58. The number of hydrogen-bond acceptors (Lipinski definition) is 4. The van der Waals surface area contributed by atoms with Crippen molar-refractivity contribution >= 4 is 5.97 Å². The quantitative estimate of drug-likeness (QED) is 0.645. The Kier molecular flexibility index (Phi) is 6.52. The molecule has 0 saturated carbocycles. The summed E-state index contributed by atoms with van der Waals surface area (Å²) in [5.41, 5.74) is 5.04. The van der Waals surface area contributed by atoms with Crippen molar-refractivity contribution in [1.29, 1.82) is 0 Å². The SMILES string of the molecule is CCOC(=O)C(C)(N)CCCN(C)CC. The Morgan fingerprint density at radius 3 is 2.53 bits per heavy atom. The number of esters is 1. The molecule has 0 fully saturated rings. The number of carbonyl (C=O) groups excluding carboxylic acids is 1. The molecule has 0 bridgehead atoms. The standard InChI is InChI=1S/C11H24N2O2/c1-5-13(4)9-7-8-11(3,12)10(14)15-6-2/h5-9,12H2,1-4H3. The van der Waals surface area contributed by atoms with Crippen LogP contribution < -0.4 is 5.73 Å². The molecule has 1 unspecified atom stereocenters. The van der Waals surface area contributed by atoms with Crippen molar-refractivity contribution in [3.05, 3.63) is 0 Å². The number of carbonyl (C=O) groups is 1. The lowest BCUT2D eigenvalue weighted by molar-refractivity contribution is -0.149. The highest BCUT2D eigenvalue weighted by Crippen LogP contribution is 2.11. The first kappa shape index (κ1) is 14.4. The van der Waals surface area contributed by atoms with Crippen molar-refractivity contribution in [2.75, 3.05) is 26.7 Å². The third-order valence-corrected chi connectivity index (χ3v) is 2.52. The molecule has 4 nitrogen and oxygen atoms in total. The molecule has 0 saturated heterocycles. The van der Waals surface area contributed by atoms with Gasteiger partial charge < -0.3 is 15.4 Å². The van der Waals surface area contributed by atoms with Crippen LogP contribution in [0.15, 0.2) is 0 Å². The molecule has 0 aromatic rings. The molecule has 90 valence electrons. The zero-order chi connectivity index (χ0) is 11.9. The molecule has 0 aliphatic rings. The van der Waals surface area contributed by atoms with Gasteiger partial charge >= 0.3 is 5.97 Å². The van der Waals surface area contributed by atoms with E-state index in [2.05, 4.69) is 18.9 Å². The zero-order valence-corrected chi connectivity index (χ0v) is 10.4. The van der Waals surface area contributed by atoms with E-state index in [-0.39, 0.29) is 5.97 Å². The minimum atomic E-state index is -0.843. The van der Waals surface area contributed by atoms with Crippen LogP contribution in [-0.4, -0.2) is 43.2 Å². The largest absolute Gasteiger partial charge is 0.465 e. The van der Waals surface area contributed by atoms with Gasteiger partial charge in [0, 0.05) is 0 Å². The molecule has 0 radical (unpaired) electrons. The molecule has 0 aromatic carbocycles. The minimum absolute atomic E-state index is 0.302. The van der Waals surface area contributed by atoms with Gasteiger partial charge in [-0.1, -0.05) is 6.92 Å². The van der Waals surface area contributed by atoms with Crippen LogP contribution in [-0.2, 0) is 9.53 Å². The van der Waals surface area contributed by atoms with E-state index in [0.717, 1.165) is 19.5 Å². The summed E-state index contributed by atoms with van der Waals surface area (Å²) in [7, 11) is 2.05. The normalized spacial score (nSPS) is 15.1. The maximum atomic E-state index is 11.4. The van der Waals surface area contributed by atoms with Gasteiger partial charge in [0.15, 0.2) is 0 Å². The second kappa shape index (κ2) is 6.80. The second-order valence-electron chi connectivity index (χ2n) is 4.14. The van der Waals surface area contributed by atoms with Crippen LogP contribution in [0.1, 0.15) is 33.6 Å². The Hall–Kier alpha value is -0.610. The molecule has 0 heterocycles. The summed E-state index contributed by atoms with van der Waals surface area (Å²) in [4.78, 5) is 13.6. The molecule has 0 aliphatic carbocycles. The Balaban J connectivity index is 3.87. The summed E-state index contributed by atoms with van der Waals surface area (Å²) in [6, 6.07) is 0. The number of rotatable bonds is 7. The van der Waals surface area contributed by atoms with Crippen LogP contribution in [0.4, 0.5) is 0 Å². The van der Waals surface area contributed by atoms with Gasteiger partial charge in [0.1, 0.15) is 5.54 Å². The van der Waals surface area contributed by atoms with Crippen molar-refractivity contribution in [2.45, 2.75) is 39.2 Å². The fourth-order valence-electron chi connectivity index (χ4n) is 1.27. The summed E-state index contributed by atoms with van der Waals surface area (Å²) < 4.78 is 4.91. The zero-order valence-electron chi connectivity index (χ0n) is 10.4. The van der Waals surface area contributed by atoms with E-state index >= 15 is 0 Å². The van der Waals surface area contributed by atoms with E-state index in [4.69, 9.17) is 10.5 Å². The molecule has 0 aromatic heterocycles. The number of nitrogens with zero attached hydrogens (tertiary/aromatic N) is 1. The van der Waals surface area contributed by atoms with E-state index in [1.54, 1.807) is 13.8 Å². The Bertz CT molecular complexity index is 193. The molecular formula is C11H24N2O2. The van der Waals surface area contributed by atoms with Crippen LogP contribution in [0.5, 0.6) is 0 Å². The molecule has 0 rings (SSSR count). The Morgan fingerprint density at radius 1 is 1.47 bits per heavy atom. The van der Waals surface area contributed by atoms with E-state index in [0.29, 0.717) is 13.0 Å². The van der Waals surface area contributed by atoms with Gasteiger partial charge in [0.05, 0.1) is 6.61 Å². The lowest BCUT2D eigenvalue weighted by Crippen LogP contribution is -2.46. The highest BCUT2D eigenvalue weighted by Gasteiger charge is 2.29. The molecule has 0 amide bonds. The number of nitrogens with two attached hydrogens (primary N) is 1. The fraction of sp³-hybridized carbons (Fsp3) is 0.909. The van der Waals surface area contributed by atoms with E-state index < -0.39 is 5.54 Å². The van der Waals surface area contributed by atoms with Gasteiger partial charge in [-0.05, 0) is 46.8 Å². The molecule has 15 heavy (non-hydrogen) atoms. The third-order valence-electron chi connectivity index (χ3n) is 2.52. The Morgan fingerprint density at radius 2 is 2.07 bits per heavy atom. The maximum Gasteiger partial charge on any atom is 0.325 e. The lowest BCUT2D eigenvalue weighted by atomic mass is 9.97. The van der Waals surface area contributed by atoms with Gasteiger partial charge in [-0.15, -0.1) is 0 Å². The van der Waals surface area contributed by atoms with Crippen LogP contribution in [0.3, 0.4) is 0 Å². The maximum absolute atomic E-state index is 11.4. The van der Waals surface area contributed by atoms with Gasteiger partial charge in [-0.3, -0.25) is 4.79 Å². The van der Waals surface area contributed by atoms with Crippen molar-refractivity contribution in [3.63, 3.8) is 0 Å². The highest BCUT2D eigenvalue weighted by atomic mass is 16.5. The predicted molar refractivity (Wildman–Crippen MR) is 61.6 cm³/mol. The van der Waals surface area contributed by atoms with Crippen molar-refractivity contribution in [2.24, 2.45) is 5.73 Å². The fourth-order valence-corrected chi connectivity index (χ4v) is 1.27. The van der Waals surface area contributed by atoms with Crippen molar-refractivity contribution < 1.29 is 9.53 Å². The van der Waals surface area contributed by atoms with E-state index in [9.17, 15) is 4.79 Å². The molecule has 1 atom stereocenters. The summed E-state index contributed by atoms with van der Waals surface area (Å²) >= 11 is 0. The molecule has 0 spiro atoms. The first-order valence-corrected chi connectivity index (χ1v) is 5.58. The number of hydrogen-bond donors (Lipinski definition) is 1. The van der Waals surface area contributed by atoms with Gasteiger partial charge in [-0.2, -0.15) is 0 Å². The monoisotopic (exact) mass is 216 g/mol. The second-order valence-corrected chi connectivity index (χ2v) is 4.14. The van der Waals surface area contributed by atoms with Crippen LogP contribution in [0.2, 0.25) is 0 Å². The van der Waals surface area contributed by atoms with Gasteiger partial charge in [0.2, 0.25) is 0 Å². The molecular weight excluding hydrogens is 192 g/mol. The first-order chi connectivity index (χ1) is 6.94. The first-order valence-electron chi connectivity index (χ1n) is 5.58. The average molecular weight is 216 g/mol. The van der Waals surface area contributed by atoms with Crippen molar-refractivity contribution in [3.8, 4) is 0 Å². The Labute approximate surface area is 92.8 Å². The van der Waals surface area contributed by atoms with E-state index in [1.165, 1.54) is 0 Å². The van der Waals surface area contributed by atoms with Crippen LogP contribution in [0.25, 0.3) is 0 Å². The average Bonchev–Trinajstić information content (AvgIpc) is 2.17. The van der Waals surface area contributed by atoms with Gasteiger partial charge in [-0.25, -0.2) is 0 Å². The lowest BCUT2D eigenvalue weighted by Gasteiger charge is -2.23. The van der Waals surface area contributed by atoms with Crippen LogP contribution >= 0.6 is 0 Å².